The molecular weight excluding hydrogens is 256 g/mol. The molecular formula is C13H15ClO4. The molecule has 0 radical (unpaired) electrons. The van der Waals surface area contributed by atoms with Crippen molar-refractivity contribution in [3.63, 3.8) is 0 Å². The van der Waals surface area contributed by atoms with Gasteiger partial charge < -0.3 is 9.47 Å². The highest BCUT2D eigenvalue weighted by Gasteiger charge is 2.18. The second-order valence-electron chi connectivity index (χ2n) is 4.62. The smallest absolute Gasteiger partial charge is 0.339 e. The maximum atomic E-state index is 11.7. The summed E-state index contributed by atoms with van der Waals surface area (Å²) in [6.07, 6.45) is 0. The number of hydrogen-bond acceptors (Lipinski definition) is 4. The molecule has 0 unspecified atom stereocenters. The van der Waals surface area contributed by atoms with Crippen LogP contribution in [0, 0.1) is 0 Å². The standard InChI is InChI=1S/C13H15ClO4/c1-13(2,3)18-12(16)10-6-4-9(5-7-10)11(15)17-8-14/h4-7H,8H2,1-3H3. The molecule has 4 nitrogen and oxygen atoms in total. The third-order valence-electron chi connectivity index (χ3n) is 1.94. The van der Waals surface area contributed by atoms with Gasteiger partial charge in [-0.2, -0.15) is 0 Å². The van der Waals surface area contributed by atoms with Crippen molar-refractivity contribution < 1.29 is 19.1 Å². The number of hydrogen-bond donors (Lipinski definition) is 0. The normalized spacial score (nSPS) is 10.9. The molecule has 1 aromatic rings. The Labute approximate surface area is 111 Å². The van der Waals surface area contributed by atoms with Crippen molar-refractivity contribution in [3.05, 3.63) is 35.4 Å². The van der Waals surface area contributed by atoms with E-state index in [2.05, 4.69) is 4.74 Å². The molecule has 98 valence electrons. The van der Waals surface area contributed by atoms with Gasteiger partial charge in [0.15, 0.2) is 6.07 Å². The Hall–Kier alpha value is -1.55. The Bertz CT molecular complexity index is 431. The predicted molar refractivity (Wildman–Crippen MR) is 67.7 cm³/mol. The van der Waals surface area contributed by atoms with Crippen molar-refractivity contribution >= 4 is 23.5 Å². The van der Waals surface area contributed by atoms with Gasteiger partial charge in [-0.15, -0.1) is 0 Å². The summed E-state index contributed by atoms with van der Waals surface area (Å²) < 4.78 is 9.81. The van der Waals surface area contributed by atoms with Gasteiger partial charge in [0, 0.05) is 0 Å². The SMILES string of the molecule is CC(C)(C)OC(=O)c1ccc(C(=O)OCCl)cc1. The topological polar surface area (TPSA) is 52.6 Å². The van der Waals surface area contributed by atoms with Crippen molar-refractivity contribution in [2.24, 2.45) is 0 Å². The number of benzene rings is 1. The first kappa shape index (κ1) is 14.5. The lowest BCUT2D eigenvalue weighted by molar-refractivity contribution is 0.00691. The summed E-state index contributed by atoms with van der Waals surface area (Å²) >= 11 is 5.28. The molecule has 1 rings (SSSR count). The minimum Gasteiger partial charge on any atom is -0.456 e. The number of esters is 2. The molecule has 0 fully saturated rings. The fraction of sp³-hybridized carbons (Fsp3) is 0.385. The zero-order chi connectivity index (χ0) is 13.8. The maximum absolute atomic E-state index is 11.7. The number of rotatable bonds is 3. The van der Waals surface area contributed by atoms with Crippen molar-refractivity contribution in [1.29, 1.82) is 0 Å². The first-order valence-electron chi connectivity index (χ1n) is 5.40. The highest BCUT2D eigenvalue weighted by molar-refractivity contribution is 6.17. The van der Waals surface area contributed by atoms with E-state index < -0.39 is 17.5 Å². The molecule has 0 saturated heterocycles. The summed E-state index contributed by atoms with van der Waals surface area (Å²) in [7, 11) is 0. The second kappa shape index (κ2) is 5.87. The zero-order valence-electron chi connectivity index (χ0n) is 10.5. The van der Waals surface area contributed by atoms with Crippen LogP contribution in [0.2, 0.25) is 0 Å². The molecule has 0 atom stereocenters. The van der Waals surface area contributed by atoms with E-state index in [4.69, 9.17) is 16.3 Å². The summed E-state index contributed by atoms with van der Waals surface area (Å²) in [4.78, 5) is 23.0. The lowest BCUT2D eigenvalue weighted by Crippen LogP contribution is -2.23. The molecule has 0 saturated carbocycles. The molecule has 1 aromatic carbocycles. The van der Waals surface area contributed by atoms with E-state index in [-0.39, 0.29) is 6.07 Å². The fourth-order valence-corrected chi connectivity index (χ4v) is 1.31. The van der Waals surface area contributed by atoms with Crippen LogP contribution < -0.4 is 0 Å². The predicted octanol–water partition coefficient (Wildman–Crippen LogP) is 3.00. The molecule has 0 spiro atoms. The summed E-state index contributed by atoms with van der Waals surface area (Å²) in [6, 6.07) is 5.81. The Morgan fingerprint density at radius 3 is 1.89 bits per heavy atom. The van der Waals surface area contributed by atoms with Crippen LogP contribution in [-0.4, -0.2) is 23.6 Å². The van der Waals surface area contributed by atoms with Crippen molar-refractivity contribution in [2.75, 3.05) is 6.07 Å². The van der Waals surface area contributed by atoms with Crippen LogP contribution in [0.1, 0.15) is 41.5 Å². The summed E-state index contributed by atoms with van der Waals surface area (Å²) in [5.41, 5.74) is 0.170. The van der Waals surface area contributed by atoms with E-state index in [1.807, 2.05) is 0 Å². The molecule has 0 heterocycles. The van der Waals surface area contributed by atoms with Gasteiger partial charge in [0.1, 0.15) is 5.60 Å². The van der Waals surface area contributed by atoms with Crippen LogP contribution in [0.5, 0.6) is 0 Å². The molecule has 0 aliphatic heterocycles. The summed E-state index contributed by atoms with van der Waals surface area (Å²) in [5.74, 6) is -0.958. The molecule has 0 aliphatic rings. The quantitative estimate of drug-likeness (QED) is 0.626. The van der Waals surface area contributed by atoms with Gasteiger partial charge in [-0.3, -0.25) is 0 Å². The van der Waals surface area contributed by atoms with Crippen LogP contribution in [-0.2, 0) is 9.47 Å². The summed E-state index contributed by atoms with van der Waals surface area (Å²) in [5, 5.41) is 0. The first-order valence-corrected chi connectivity index (χ1v) is 5.93. The van der Waals surface area contributed by atoms with Crippen LogP contribution in [0.3, 0.4) is 0 Å². The number of carbonyl (C=O) groups is 2. The van der Waals surface area contributed by atoms with Crippen LogP contribution in [0.4, 0.5) is 0 Å². The minimum atomic E-state index is -0.548. The zero-order valence-corrected chi connectivity index (χ0v) is 11.3. The molecule has 0 bridgehead atoms. The Morgan fingerprint density at radius 2 is 1.50 bits per heavy atom. The third kappa shape index (κ3) is 4.37. The van der Waals surface area contributed by atoms with Gasteiger partial charge in [0.05, 0.1) is 11.1 Å². The van der Waals surface area contributed by atoms with E-state index in [1.54, 1.807) is 20.8 Å². The van der Waals surface area contributed by atoms with E-state index in [0.717, 1.165) is 0 Å². The largest absolute Gasteiger partial charge is 0.456 e. The van der Waals surface area contributed by atoms with E-state index in [9.17, 15) is 9.59 Å². The van der Waals surface area contributed by atoms with Gasteiger partial charge in [-0.05, 0) is 45.0 Å². The minimum absolute atomic E-state index is 0.202. The van der Waals surface area contributed by atoms with Crippen LogP contribution in [0.25, 0.3) is 0 Å². The Morgan fingerprint density at radius 1 is 1.06 bits per heavy atom. The van der Waals surface area contributed by atoms with E-state index in [1.165, 1.54) is 24.3 Å². The highest BCUT2D eigenvalue weighted by Crippen LogP contribution is 2.13. The molecule has 0 N–H and O–H groups in total. The molecule has 0 amide bonds. The van der Waals surface area contributed by atoms with Gasteiger partial charge in [0.2, 0.25) is 0 Å². The average molecular weight is 271 g/mol. The molecule has 18 heavy (non-hydrogen) atoms. The second-order valence-corrected chi connectivity index (χ2v) is 4.84. The number of carbonyl (C=O) groups excluding carboxylic acids is 2. The number of halogens is 1. The molecule has 5 heteroatoms. The van der Waals surface area contributed by atoms with Crippen molar-refractivity contribution in [1.82, 2.24) is 0 Å². The van der Waals surface area contributed by atoms with Crippen molar-refractivity contribution in [2.45, 2.75) is 26.4 Å². The number of ether oxygens (including phenoxy) is 2. The Kier molecular flexibility index (Phi) is 4.73. The average Bonchev–Trinajstić information content (AvgIpc) is 2.27. The molecule has 0 aromatic heterocycles. The highest BCUT2D eigenvalue weighted by atomic mass is 35.5. The van der Waals surface area contributed by atoms with Crippen LogP contribution in [0.15, 0.2) is 24.3 Å². The summed E-state index contributed by atoms with van der Waals surface area (Å²) in [6.45, 7) is 5.37. The molecule has 0 aliphatic carbocycles. The number of alkyl halides is 1. The van der Waals surface area contributed by atoms with E-state index in [0.29, 0.717) is 11.1 Å². The van der Waals surface area contributed by atoms with Crippen molar-refractivity contribution in [3.8, 4) is 0 Å². The lowest BCUT2D eigenvalue weighted by atomic mass is 10.1. The van der Waals surface area contributed by atoms with E-state index >= 15 is 0 Å². The van der Waals surface area contributed by atoms with Gasteiger partial charge in [-0.25, -0.2) is 9.59 Å². The van der Waals surface area contributed by atoms with Gasteiger partial charge in [-0.1, -0.05) is 11.6 Å². The van der Waals surface area contributed by atoms with Gasteiger partial charge >= 0.3 is 11.9 Å². The fourth-order valence-electron chi connectivity index (χ4n) is 1.21. The lowest BCUT2D eigenvalue weighted by Gasteiger charge is -2.19. The first-order chi connectivity index (χ1) is 8.33. The maximum Gasteiger partial charge on any atom is 0.339 e. The van der Waals surface area contributed by atoms with Gasteiger partial charge in [0.25, 0.3) is 0 Å². The monoisotopic (exact) mass is 270 g/mol. The third-order valence-corrected chi connectivity index (χ3v) is 2.05. The Balaban J connectivity index is 2.77. The van der Waals surface area contributed by atoms with Crippen LogP contribution >= 0.6 is 11.6 Å².